The summed E-state index contributed by atoms with van der Waals surface area (Å²) in [5.41, 5.74) is 10.7. The van der Waals surface area contributed by atoms with Gasteiger partial charge in [0.1, 0.15) is 22.6 Å². The van der Waals surface area contributed by atoms with Crippen molar-refractivity contribution in [2.75, 3.05) is 19.4 Å². The second-order valence-corrected chi connectivity index (χ2v) is 7.50. The maximum absolute atomic E-state index is 13.0. The van der Waals surface area contributed by atoms with Crippen LogP contribution >= 0.6 is 0 Å². The lowest BCUT2D eigenvalue weighted by molar-refractivity contribution is 0.0955. The van der Waals surface area contributed by atoms with Crippen LogP contribution in [-0.4, -0.2) is 34.1 Å². The Labute approximate surface area is 181 Å². The van der Waals surface area contributed by atoms with Crippen molar-refractivity contribution >= 4 is 33.9 Å². The topological polar surface area (TPSA) is 95.1 Å². The Balaban J connectivity index is 1.74. The van der Waals surface area contributed by atoms with Crippen LogP contribution in [0.1, 0.15) is 35.7 Å². The molecular formula is C24H27N5O2. The summed E-state index contributed by atoms with van der Waals surface area (Å²) in [6.07, 6.45) is 2.66. The number of aromatic nitrogens is 3. The number of para-hydroxylation sites is 2. The minimum absolute atomic E-state index is 0.205. The molecule has 0 saturated heterocycles. The van der Waals surface area contributed by atoms with Crippen molar-refractivity contribution in [3.05, 3.63) is 59.7 Å². The van der Waals surface area contributed by atoms with Crippen molar-refractivity contribution in [3.63, 3.8) is 0 Å². The molecule has 0 unspecified atom stereocenters. The number of carbonyl (C=O) groups is 1. The monoisotopic (exact) mass is 417 g/mol. The van der Waals surface area contributed by atoms with Crippen LogP contribution in [0.2, 0.25) is 0 Å². The molecule has 2 aromatic carbocycles. The first-order valence-electron chi connectivity index (χ1n) is 10.6. The van der Waals surface area contributed by atoms with Crippen LogP contribution in [0.4, 0.5) is 5.82 Å². The van der Waals surface area contributed by atoms with Crippen LogP contribution in [0.15, 0.2) is 48.5 Å². The zero-order chi connectivity index (χ0) is 21.8. The summed E-state index contributed by atoms with van der Waals surface area (Å²) in [4.78, 5) is 22.5. The number of carbonyl (C=O) groups excluding carboxylic acids is 1. The standard InChI is InChI=1S/C24H27N5O2/c1-3-4-14-26-24(30)20-21-23(28-19-8-6-5-7-18(19)27-21)29(22(20)25)15-13-16-9-11-17(31-2)12-10-16/h5-12H,3-4,13-15,25H2,1-2H3,(H,26,30). The third-order valence-corrected chi connectivity index (χ3v) is 5.42. The number of nitrogens with one attached hydrogen (secondary N) is 1. The molecule has 0 atom stereocenters. The first-order valence-corrected chi connectivity index (χ1v) is 10.6. The van der Waals surface area contributed by atoms with E-state index in [1.165, 1.54) is 0 Å². The second-order valence-electron chi connectivity index (χ2n) is 7.50. The molecule has 3 N–H and O–H groups in total. The van der Waals surface area contributed by atoms with E-state index in [2.05, 4.69) is 12.2 Å². The molecule has 4 rings (SSSR count). The highest BCUT2D eigenvalue weighted by atomic mass is 16.5. The van der Waals surface area contributed by atoms with Gasteiger partial charge in [0.2, 0.25) is 0 Å². The largest absolute Gasteiger partial charge is 0.497 e. The van der Waals surface area contributed by atoms with Gasteiger partial charge < -0.3 is 20.4 Å². The quantitative estimate of drug-likeness (QED) is 0.423. The zero-order valence-electron chi connectivity index (χ0n) is 17.9. The van der Waals surface area contributed by atoms with Crippen molar-refractivity contribution in [2.24, 2.45) is 0 Å². The summed E-state index contributed by atoms with van der Waals surface area (Å²) in [6.45, 7) is 3.28. The SMILES string of the molecule is CCCCNC(=O)c1c(N)n(CCc2ccc(OC)cc2)c2nc3ccccc3nc12. The smallest absolute Gasteiger partial charge is 0.257 e. The Morgan fingerprint density at radius 3 is 2.48 bits per heavy atom. The van der Waals surface area contributed by atoms with Crippen LogP contribution in [0.5, 0.6) is 5.75 Å². The number of hydrogen-bond acceptors (Lipinski definition) is 5. The van der Waals surface area contributed by atoms with E-state index in [-0.39, 0.29) is 5.91 Å². The summed E-state index contributed by atoms with van der Waals surface area (Å²) in [5.74, 6) is 1.01. The summed E-state index contributed by atoms with van der Waals surface area (Å²) >= 11 is 0. The fourth-order valence-electron chi connectivity index (χ4n) is 3.67. The summed E-state index contributed by atoms with van der Waals surface area (Å²) in [7, 11) is 1.65. The zero-order valence-corrected chi connectivity index (χ0v) is 17.9. The fourth-order valence-corrected chi connectivity index (χ4v) is 3.67. The average Bonchev–Trinajstić information content (AvgIpc) is 3.06. The number of fused-ring (bicyclic) bond motifs is 2. The number of benzene rings is 2. The van der Waals surface area contributed by atoms with Crippen LogP contribution in [0, 0.1) is 0 Å². The van der Waals surface area contributed by atoms with Gasteiger partial charge in [-0.25, -0.2) is 9.97 Å². The number of aryl methyl sites for hydroxylation is 2. The average molecular weight is 418 g/mol. The Kier molecular flexibility index (Phi) is 6.02. The fraction of sp³-hybridized carbons (Fsp3) is 0.292. The van der Waals surface area contributed by atoms with E-state index in [9.17, 15) is 4.79 Å². The number of amides is 1. The molecule has 0 radical (unpaired) electrons. The lowest BCUT2D eigenvalue weighted by atomic mass is 10.1. The Bertz CT molecular complexity index is 1210. The third kappa shape index (κ3) is 4.17. The molecule has 4 aromatic rings. The molecule has 2 aromatic heterocycles. The molecular weight excluding hydrogens is 390 g/mol. The molecule has 0 fully saturated rings. The first-order chi connectivity index (χ1) is 15.1. The normalized spacial score (nSPS) is 11.2. The number of rotatable bonds is 8. The van der Waals surface area contributed by atoms with Crippen molar-refractivity contribution < 1.29 is 9.53 Å². The third-order valence-electron chi connectivity index (χ3n) is 5.42. The van der Waals surface area contributed by atoms with E-state index in [1.807, 2.05) is 53.1 Å². The van der Waals surface area contributed by atoms with E-state index in [4.69, 9.17) is 20.4 Å². The highest BCUT2D eigenvalue weighted by Crippen LogP contribution is 2.28. The maximum Gasteiger partial charge on any atom is 0.257 e. The van der Waals surface area contributed by atoms with Gasteiger partial charge in [0.05, 0.1) is 18.1 Å². The molecule has 7 heteroatoms. The van der Waals surface area contributed by atoms with Crippen molar-refractivity contribution in [1.82, 2.24) is 19.9 Å². The van der Waals surface area contributed by atoms with Gasteiger partial charge in [-0.3, -0.25) is 4.79 Å². The van der Waals surface area contributed by atoms with E-state index in [0.717, 1.165) is 41.6 Å². The molecule has 0 saturated carbocycles. The number of nitrogens with zero attached hydrogens (tertiary/aromatic N) is 3. The van der Waals surface area contributed by atoms with Crippen molar-refractivity contribution in [2.45, 2.75) is 32.7 Å². The molecule has 2 heterocycles. The Hall–Kier alpha value is -3.61. The molecule has 0 spiro atoms. The van der Waals surface area contributed by atoms with E-state index >= 15 is 0 Å². The highest BCUT2D eigenvalue weighted by molar-refractivity contribution is 6.10. The van der Waals surface area contributed by atoms with E-state index in [1.54, 1.807) is 7.11 Å². The minimum Gasteiger partial charge on any atom is -0.497 e. The van der Waals surface area contributed by atoms with Gasteiger partial charge in [-0.1, -0.05) is 37.6 Å². The number of methoxy groups -OCH3 is 1. The van der Waals surface area contributed by atoms with Gasteiger partial charge in [-0.05, 0) is 42.7 Å². The van der Waals surface area contributed by atoms with E-state index in [0.29, 0.717) is 35.6 Å². The van der Waals surface area contributed by atoms with Crippen molar-refractivity contribution in [1.29, 1.82) is 0 Å². The van der Waals surface area contributed by atoms with Gasteiger partial charge in [-0.15, -0.1) is 0 Å². The summed E-state index contributed by atoms with van der Waals surface area (Å²) in [5, 5.41) is 2.97. The Morgan fingerprint density at radius 1 is 1.10 bits per heavy atom. The van der Waals surface area contributed by atoms with Crippen LogP contribution in [0.3, 0.4) is 0 Å². The second kappa shape index (κ2) is 9.04. The molecule has 0 bridgehead atoms. The molecule has 160 valence electrons. The maximum atomic E-state index is 13.0. The van der Waals surface area contributed by atoms with Gasteiger partial charge in [0, 0.05) is 13.1 Å². The van der Waals surface area contributed by atoms with Gasteiger partial charge >= 0.3 is 0 Å². The number of nitrogen functional groups attached to an aromatic ring is 1. The highest BCUT2D eigenvalue weighted by Gasteiger charge is 2.23. The number of ether oxygens (including phenoxy) is 1. The predicted octanol–water partition coefficient (Wildman–Crippen LogP) is 3.95. The molecule has 1 amide bonds. The number of unbranched alkanes of at least 4 members (excludes halogenated alkanes) is 1. The van der Waals surface area contributed by atoms with Gasteiger partial charge in [0.15, 0.2) is 5.65 Å². The number of nitrogens with two attached hydrogens (primary N) is 1. The summed E-state index contributed by atoms with van der Waals surface area (Å²) in [6, 6.07) is 15.6. The first kappa shape index (κ1) is 20.7. The van der Waals surface area contributed by atoms with Gasteiger partial charge in [0.25, 0.3) is 5.91 Å². The number of anilines is 1. The lowest BCUT2D eigenvalue weighted by Crippen LogP contribution is -2.25. The molecule has 0 aliphatic heterocycles. The van der Waals surface area contributed by atoms with Crippen LogP contribution in [-0.2, 0) is 13.0 Å². The molecule has 0 aliphatic carbocycles. The predicted molar refractivity (Wildman–Crippen MR) is 123 cm³/mol. The van der Waals surface area contributed by atoms with Crippen molar-refractivity contribution in [3.8, 4) is 5.75 Å². The Morgan fingerprint density at radius 2 is 1.81 bits per heavy atom. The summed E-state index contributed by atoms with van der Waals surface area (Å²) < 4.78 is 7.13. The lowest BCUT2D eigenvalue weighted by Gasteiger charge is -2.09. The molecule has 7 nitrogen and oxygen atoms in total. The molecule has 0 aliphatic rings. The van der Waals surface area contributed by atoms with E-state index < -0.39 is 0 Å². The van der Waals surface area contributed by atoms with Gasteiger partial charge in [-0.2, -0.15) is 0 Å². The van der Waals surface area contributed by atoms with Crippen LogP contribution in [0.25, 0.3) is 22.2 Å². The number of hydrogen-bond donors (Lipinski definition) is 2. The minimum atomic E-state index is -0.205. The molecule has 31 heavy (non-hydrogen) atoms. The van der Waals surface area contributed by atoms with Crippen LogP contribution < -0.4 is 15.8 Å².